The largest absolute Gasteiger partial charge is 0.305 e. The second kappa shape index (κ2) is 4.36. The Morgan fingerprint density at radius 3 is 2.92 bits per heavy atom. The Morgan fingerprint density at radius 2 is 2.46 bits per heavy atom. The first-order valence-electron chi connectivity index (χ1n) is 4.01. The number of rotatable bonds is 3. The number of pyridine rings is 1. The van der Waals surface area contributed by atoms with Gasteiger partial charge in [0.2, 0.25) is 5.78 Å². The van der Waals surface area contributed by atoms with E-state index in [1.165, 1.54) is 6.92 Å². The van der Waals surface area contributed by atoms with Crippen LogP contribution in [0.15, 0.2) is 24.4 Å². The normalized spacial score (nSPS) is 11.7. The maximum Gasteiger partial charge on any atom is 0.286 e. The van der Waals surface area contributed by atoms with Gasteiger partial charge in [0.25, 0.3) is 6.04 Å². The summed E-state index contributed by atoms with van der Waals surface area (Å²) in [6, 6.07) is 4.91. The summed E-state index contributed by atoms with van der Waals surface area (Å²) < 4.78 is 0. The highest BCUT2D eigenvalue weighted by Gasteiger charge is 2.19. The summed E-state index contributed by atoms with van der Waals surface area (Å²) in [5, 5.41) is 0. The van der Waals surface area contributed by atoms with Crippen molar-refractivity contribution in [3.05, 3.63) is 41.5 Å². The first-order valence-corrected chi connectivity index (χ1v) is 4.01. The predicted octanol–water partition coefficient (Wildman–Crippen LogP) is 1.50. The molecule has 66 valence electrons. The fraction of sp³-hybridized carbons (Fsp3) is 0.300. The number of hydrogen-bond acceptors (Lipinski definition) is 2. The van der Waals surface area contributed by atoms with Crippen LogP contribution in [-0.2, 0) is 11.2 Å². The van der Waals surface area contributed by atoms with Crippen LogP contribution in [0.3, 0.4) is 0 Å². The molecule has 1 heterocycles. The van der Waals surface area contributed by atoms with Crippen molar-refractivity contribution in [3.8, 4) is 0 Å². The van der Waals surface area contributed by atoms with Gasteiger partial charge in [-0.2, -0.15) is 0 Å². The van der Waals surface area contributed by atoms with Gasteiger partial charge in [0.1, 0.15) is 0 Å². The molecule has 1 unspecified atom stereocenters. The highest BCUT2D eigenvalue weighted by atomic mass is 16.1. The lowest BCUT2D eigenvalue weighted by molar-refractivity contribution is -0.117. The highest BCUT2D eigenvalue weighted by molar-refractivity contribution is 5.83. The number of aromatic nitrogens is 1. The van der Waals surface area contributed by atoms with Crippen LogP contribution in [0.5, 0.6) is 0 Å². The van der Waals surface area contributed by atoms with Gasteiger partial charge in [-0.3, -0.25) is 9.78 Å². The van der Waals surface area contributed by atoms with Crippen molar-refractivity contribution in [2.75, 3.05) is 0 Å². The molecule has 0 aliphatic rings. The fourth-order valence-corrected chi connectivity index (χ4v) is 0.997. The van der Waals surface area contributed by atoms with E-state index in [1.807, 2.05) is 18.2 Å². The number of carbonyl (C=O) groups excluding carboxylic acids is 1. The van der Waals surface area contributed by atoms with Crippen LogP contribution in [0.2, 0.25) is 0 Å². The topological polar surface area (TPSA) is 34.3 Å². The monoisotopic (exact) mass is 174 g/mol. The van der Waals surface area contributed by atoms with Crippen molar-refractivity contribution in [3.63, 3.8) is 0 Å². The summed E-state index contributed by atoms with van der Waals surface area (Å²) in [7, 11) is 0. The van der Waals surface area contributed by atoms with Gasteiger partial charge in [-0.05, 0) is 12.1 Å². The van der Waals surface area contributed by atoms with E-state index in [2.05, 4.69) is 9.83 Å². The first-order chi connectivity index (χ1) is 6.24. The van der Waals surface area contributed by atoms with Gasteiger partial charge in [0.15, 0.2) is 0 Å². The third-order valence-electron chi connectivity index (χ3n) is 1.75. The molecule has 0 aliphatic carbocycles. The molecule has 0 fully saturated rings. The van der Waals surface area contributed by atoms with E-state index >= 15 is 0 Å². The second-order valence-electron chi connectivity index (χ2n) is 2.78. The van der Waals surface area contributed by atoms with Crippen LogP contribution in [0.25, 0.3) is 4.85 Å². The molecule has 3 heteroatoms. The maximum absolute atomic E-state index is 10.9. The van der Waals surface area contributed by atoms with Crippen molar-refractivity contribution >= 4 is 5.78 Å². The van der Waals surface area contributed by atoms with Crippen molar-refractivity contribution in [1.29, 1.82) is 0 Å². The van der Waals surface area contributed by atoms with Crippen molar-refractivity contribution in [2.24, 2.45) is 0 Å². The Hall–Kier alpha value is -1.69. The minimum atomic E-state index is -0.574. The molecule has 13 heavy (non-hydrogen) atoms. The molecule has 0 spiro atoms. The van der Waals surface area contributed by atoms with Crippen molar-refractivity contribution < 1.29 is 4.79 Å². The number of nitrogens with zero attached hydrogens (tertiary/aromatic N) is 2. The number of hydrogen-bond donors (Lipinski definition) is 0. The maximum atomic E-state index is 10.9. The zero-order valence-electron chi connectivity index (χ0n) is 7.40. The minimum Gasteiger partial charge on any atom is -0.305 e. The van der Waals surface area contributed by atoms with Gasteiger partial charge in [0, 0.05) is 18.8 Å². The zero-order valence-corrected chi connectivity index (χ0v) is 7.40. The lowest BCUT2D eigenvalue weighted by atomic mass is 10.1. The van der Waals surface area contributed by atoms with E-state index < -0.39 is 6.04 Å². The third kappa shape index (κ3) is 2.68. The molecule has 0 N–H and O–H groups in total. The van der Waals surface area contributed by atoms with E-state index in [0.29, 0.717) is 6.42 Å². The average Bonchev–Trinajstić information content (AvgIpc) is 2.15. The van der Waals surface area contributed by atoms with Crippen molar-refractivity contribution in [2.45, 2.75) is 19.4 Å². The summed E-state index contributed by atoms with van der Waals surface area (Å²) >= 11 is 0. The lowest BCUT2D eigenvalue weighted by Crippen LogP contribution is -2.16. The van der Waals surface area contributed by atoms with Crippen molar-refractivity contribution in [1.82, 2.24) is 4.98 Å². The third-order valence-corrected chi connectivity index (χ3v) is 1.75. The van der Waals surface area contributed by atoms with Gasteiger partial charge in [-0.1, -0.05) is 6.07 Å². The molecule has 0 aliphatic heterocycles. The Balaban J connectivity index is 2.69. The van der Waals surface area contributed by atoms with E-state index in [-0.39, 0.29) is 5.78 Å². The number of carbonyl (C=O) groups is 1. The molecule has 0 amide bonds. The summed E-state index contributed by atoms with van der Waals surface area (Å²) in [5.74, 6) is -0.0966. The first kappa shape index (κ1) is 9.40. The van der Waals surface area contributed by atoms with Crippen LogP contribution in [-0.4, -0.2) is 16.8 Å². The van der Waals surface area contributed by atoms with Gasteiger partial charge >= 0.3 is 0 Å². The lowest BCUT2D eigenvalue weighted by Gasteiger charge is -1.99. The van der Waals surface area contributed by atoms with Gasteiger partial charge in [-0.25, -0.2) is 6.57 Å². The average molecular weight is 174 g/mol. The van der Waals surface area contributed by atoms with E-state index in [9.17, 15) is 4.79 Å². The van der Waals surface area contributed by atoms with Crippen LogP contribution in [0.1, 0.15) is 12.6 Å². The molecule has 0 saturated heterocycles. The molecule has 0 bridgehead atoms. The van der Waals surface area contributed by atoms with Gasteiger partial charge in [-0.15, -0.1) is 0 Å². The molecule has 0 saturated carbocycles. The Kier molecular flexibility index (Phi) is 3.15. The quantitative estimate of drug-likeness (QED) is 0.651. The Labute approximate surface area is 77.2 Å². The molecular weight excluding hydrogens is 164 g/mol. The molecule has 0 aromatic carbocycles. The van der Waals surface area contributed by atoms with Gasteiger partial charge < -0.3 is 4.85 Å². The summed E-state index contributed by atoms with van der Waals surface area (Å²) in [6.45, 7) is 8.25. The molecule has 0 radical (unpaired) electrons. The number of Topliss-reactive ketones (excluding diaryl/α,β-unsaturated/α-hetero) is 1. The molecule has 1 aromatic heterocycles. The van der Waals surface area contributed by atoms with Gasteiger partial charge in [0.05, 0.1) is 6.42 Å². The van der Waals surface area contributed by atoms with E-state index in [4.69, 9.17) is 6.57 Å². The molecule has 1 aromatic rings. The number of ketones is 1. The second-order valence-corrected chi connectivity index (χ2v) is 2.78. The molecule has 1 rings (SSSR count). The summed E-state index contributed by atoms with van der Waals surface area (Å²) in [4.78, 5) is 18.2. The van der Waals surface area contributed by atoms with Crippen LogP contribution < -0.4 is 0 Å². The standard InChI is InChI=1S/C10H10N2O/c1-8(13)10(11-2)7-9-5-3-4-6-12-9/h3-6,10H,7H2,1H3. The SMILES string of the molecule is [C-]#[N+]C(Cc1ccccn1)C(C)=O. The Morgan fingerprint density at radius 1 is 1.69 bits per heavy atom. The molecular formula is C10H10N2O. The summed E-state index contributed by atoms with van der Waals surface area (Å²) in [5.41, 5.74) is 0.790. The molecule has 3 nitrogen and oxygen atoms in total. The van der Waals surface area contributed by atoms with E-state index in [0.717, 1.165) is 5.69 Å². The van der Waals surface area contributed by atoms with Crippen LogP contribution >= 0.6 is 0 Å². The predicted molar refractivity (Wildman–Crippen MR) is 49.0 cm³/mol. The van der Waals surface area contributed by atoms with E-state index in [1.54, 1.807) is 6.20 Å². The fourth-order valence-electron chi connectivity index (χ4n) is 0.997. The molecule has 1 atom stereocenters. The zero-order chi connectivity index (χ0) is 9.68. The Bertz CT molecular complexity index is 327. The van der Waals surface area contributed by atoms with Crippen LogP contribution in [0.4, 0.5) is 0 Å². The minimum absolute atomic E-state index is 0.0966. The summed E-state index contributed by atoms with van der Waals surface area (Å²) in [6.07, 6.45) is 2.08. The highest BCUT2D eigenvalue weighted by Crippen LogP contribution is 2.03. The smallest absolute Gasteiger partial charge is 0.286 e. The van der Waals surface area contributed by atoms with Crippen LogP contribution in [0, 0.1) is 6.57 Å².